The van der Waals surface area contributed by atoms with Gasteiger partial charge in [0.1, 0.15) is 11.9 Å². The molecule has 0 aliphatic heterocycles. The van der Waals surface area contributed by atoms with Crippen LogP contribution < -0.4 is 11.1 Å². The first-order valence-corrected chi connectivity index (χ1v) is 7.46. The largest absolute Gasteiger partial charge is 0.368 e. The number of amides is 2. The fourth-order valence-corrected chi connectivity index (χ4v) is 2.62. The van der Waals surface area contributed by atoms with Gasteiger partial charge in [-0.2, -0.15) is 0 Å². The van der Waals surface area contributed by atoms with Crippen LogP contribution in [0.15, 0.2) is 54.7 Å². The topological polar surface area (TPSA) is 88.0 Å². The summed E-state index contributed by atoms with van der Waals surface area (Å²) < 4.78 is 13.7. The lowest BCUT2D eigenvalue weighted by Gasteiger charge is -2.15. The molecule has 122 valence electrons. The maximum atomic E-state index is 13.7. The van der Waals surface area contributed by atoms with Crippen molar-refractivity contribution in [3.63, 3.8) is 0 Å². The van der Waals surface area contributed by atoms with Crippen molar-refractivity contribution in [1.29, 1.82) is 0 Å². The summed E-state index contributed by atoms with van der Waals surface area (Å²) in [6, 6.07) is 12.3. The van der Waals surface area contributed by atoms with E-state index < -0.39 is 23.7 Å². The van der Waals surface area contributed by atoms with Gasteiger partial charge in [0.05, 0.1) is 5.56 Å². The van der Waals surface area contributed by atoms with Crippen LogP contribution in [0, 0.1) is 5.82 Å². The van der Waals surface area contributed by atoms with Gasteiger partial charge in [0.2, 0.25) is 5.91 Å². The van der Waals surface area contributed by atoms with Crippen LogP contribution in [0.5, 0.6) is 0 Å². The predicted octanol–water partition coefficient (Wildman–Crippen LogP) is 2.13. The van der Waals surface area contributed by atoms with Crippen LogP contribution in [0.1, 0.15) is 15.9 Å². The molecule has 0 aliphatic rings. The summed E-state index contributed by atoms with van der Waals surface area (Å²) in [7, 11) is 0. The molecule has 0 radical (unpaired) electrons. The van der Waals surface area contributed by atoms with Gasteiger partial charge in [-0.15, -0.1) is 0 Å². The molecule has 2 aromatic carbocycles. The first-order valence-electron chi connectivity index (χ1n) is 7.46. The quantitative estimate of drug-likeness (QED) is 0.671. The number of carbonyl (C=O) groups excluding carboxylic acids is 2. The maximum Gasteiger partial charge on any atom is 0.254 e. The minimum atomic E-state index is -0.934. The van der Waals surface area contributed by atoms with Crippen molar-refractivity contribution < 1.29 is 14.0 Å². The van der Waals surface area contributed by atoms with Gasteiger partial charge in [0, 0.05) is 23.5 Å². The zero-order valence-electron chi connectivity index (χ0n) is 12.8. The van der Waals surface area contributed by atoms with Gasteiger partial charge >= 0.3 is 0 Å². The average Bonchev–Trinajstić information content (AvgIpc) is 2.97. The summed E-state index contributed by atoms with van der Waals surface area (Å²) in [4.78, 5) is 27.0. The van der Waals surface area contributed by atoms with Crippen molar-refractivity contribution in [1.82, 2.24) is 10.3 Å². The Morgan fingerprint density at radius 3 is 2.58 bits per heavy atom. The van der Waals surface area contributed by atoms with Crippen LogP contribution in [0.3, 0.4) is 0 Å². The summed E-state index contributed by atoms with van der Waals surface area (Å²) in [5.41, 5.74) is 7.06. The van der Waals surface area contributed by atoms with Crippen LogP contribution in [0.4, 0.5) is 4.39 Å². The van der Waals surface area contributed by atoms with E-state index in [0.717, 1.165) is 16.5 Å². The lowest BCUT2D eigenvalue weighted by atomic mass is 10.0. The molecule has 3 rings (SSSR count). The highest BCUT2D eigenvalue weighted by Gasteiger charge is 2.22. The molecule has 1 heterocycles. The molecule has 1 atom stereocenters. The zero-order valence-corrected chi connectivity index (χ0v) is 12.8. The number of carbonyl (C=O) groups is 2. The van der Waals surface area contributed by atoms with Crippen molar-refractivity contribution in [2.24, 2.45) is 5.73 Å². The monoisotopic (exact) mass is 325 g/mol. The number of nitrogens with one attached hydrogen (secondary N) is 2. The molecule has 0 aliphatic carbocycles. The number of fused-ring (bicyclic) bond motifs is 1. The molecule has 24 heavy (non-hydrogen) atoms. The average molecular weight is 325 g/mol. The van der Waals surface area contributed by atoms with E-state index in [-0.39, 0.29) is 12.0 Å². The number of aromatic nitrogens is 1. The van der Waals surface area contributed by atoms with E-state index in [1.54, 1.807) is 12.3 Å². The van der Waals surface area contributed by atoms with E-state index in [2.05, 4.69) is 10.3 Å². The fourth-order valence-electron chi connectivity index (χ4n) is 2.62. The number of halogens is 1. The van der Waals surface area contributed by atoms with Crippen molar-refractivity contribution in [3.8, 4) is 0 Å². The molecule has 0 bridgehead atoms. The molecule has 0 saturated heterocycles. The Balaban J connectivity index is 1.82. The van der Waals surface area contributed by atoms with Gasteiger partial charge in [0.15, 0.2) is 0 Å². The zero-order chi connectivity index (χ0) is 17.1. The summed E-state index contributed by atoms with van der Waals surface area (Å²) in [5, 5.41) is 3.46. The maximum absolute atomic E-state index is 13.7. The summed E-state index contributed by atoms with van der Waals surface area (Å²) in [6.45, 7) is 0. The van der Waals surface area contributed by atoms with Crippen molar-refractivity contribution >= 4 is 22.7 Å². The highest BCUT2D eigenvalue weighted by molar-refractivity contribution is 5.97. The van der Waals surface area contributed by atoms with E-state index in [1.165, 1.54) is 18.2 Å². The van der Waals surface area contributed by atoms with Crippen LogP contribution in [-0.2, 0) is 11.2 Å². The van der Waals surface area contributed by atoms with Gasteiger partial charge in [-0.3, -0.25) is 9.59 Å². The summed E-state index contributed by atoms with van der Waals surface area (Å²) in [5.74, 6) is -1.99. The number of primary amides is 1. The standard InChI is InChI=1S/C18H16FN3O2/c19-14-7-3-1-6-13(14)18(24)22-16(17(20)23)9-11-10-21-15-8-4-2-5-12(11)15/h1-8,10,16,21H,9H2,(H2,20,23)(H,22,24)/t16-/m0/s1. The Hall–Kier alpha value is -3.15. The fraction of sp³-hybridized carbons (Fsp3) is 0.111. The van der Waals surface area contributed by atoms with Crippen molar-refractivity contribution in [2.45, 2.75) is 12.5 Å². The highest BCUT2D eigenvalue weighted by atomic mass is 19.1. The van der Waals surface area contributed by atoms with Crippen LogP contribution in [0.2, 0.25) is 0 Å². The van der Waals surface area contributed by atoms with Gasteiger partial charge in [-0.05, 0) is 23.8 Å². The second kappa shape index (κ2) is 6.54. The third-order valence-corrected chi connectivity index (χ3v) is 3.87. The van der Waals surface area contributed by atoms with Crippen molar-refractivity contribution in [2.75, 3.05) is 0 Å². The predicted molar refractivity (Wildman–Crippen MR) is 88.9 cm³/mol. The Morgan fingerprint density at radius 1 is 1.12 bits per heavy atom. The molecule has 5 nitrogen and oxygen atoms in total. The molecule has 6 heteroatoms. The van der Waals surface area contributed by atoms with Crippen LogP contribution in [-0.4, -0.2) is 22.8 Å². The van der Waals surface area contributed by atoms with Gasteiger partial charge < -0.3 is 16.0 Å². The van der Waals surface area contributed by atoms with Gasteiger partial charge in [0.25, 0.3) is 5.91 Å². The molecule has 1 aromatic heterocycles. The smallest absolute Gasteiger partial charge is 0.254 e. The summed E-state index contributed by atoms with van der Waals surface area (Å²) >= 11 is 0. The second-order valence-corrected chi connectivity index (χ2v) is 5.47. The Kier molecular flexibility index (Phi) is 4.29. The molecular formula is C18H16FN3O2. The Bertz CT molecular complexity index is 904. The number of hydrogen-bond acceptors (Lipinski definition) is 2. The van der Waals surface area contributed by atoms with E-state index in [4.69, 9.17) is 5.73 Å². The third-order valence-electron chi connectivity index (χ3n) is 3.87. The number of hydrogen-bond donors (Lipinski definition) is 3. The lowest BCUT2D eigenvalue weighted by Crippen LogP contribution is -2.46. The highest BCUT2D eigenvalue weighted by Crippen LogP contribution is 2.19. The van der Waals surface area contributed by atoms with Crippen molar-refractivity contribution in [3.05, 3.63) is 71.7 Å². The third kappa shape index (κ3) is 3.12. The number of aromatic amines is 1. The molecule has 0 unspecified atom stereocenters. The lowest BCUT2D eigenvalue weighted by molar-refractivity contribution is -0.119. The van der Waals surface area contributed by atoms with E-state index in [1.807, 2.05) is 24.3 Å². The molecule has 0 spiro atoms. The molecule has 2 amide bonds. The normalized spacial score (nSPS) is 12.0. The number of para-hydroxylation sites is 1. The number of benzene rings is 2. The minimum Gasteiger partial charge on any atom is -0.368 e. The molecule has 0 fully saturated rings. The van der Waals surface area contributed by atoms with E-state index in [9.17, 15) is 14.0 Å². The number of rotatable bonds is 5. The molecule has 3 aromatic rings. The van der Waals surface area contributed by atoms with Gasteiger partial charge in [-0.1, -0.05) is 30.3 Å². The molecule has 4 N–H and O–H groups in total. The Labute approximate surface area is 137 Å². The van der Waals surface area contributed by atoms with Gasteiger partial charge in [-0.25, -0.2) is 4.39 Å². The summed E-state index contributed by atoms with van der Waals surface area (Å²) in [6.07, 6.45) is 2.00. The molecular weight excluding hydrogens is 309 g/mol. The number of nitrogens with two attached hydrogens (primary N) is 1. The number of H-pyrrole nitrogens is 1. The minimum absolute atomic E-state index is 0.123. The van der Waals surface area contributed by atoms with E-state index >= 15 is 0 Å². The second-order valence-electron chi connectivity index (χ2n) is 5.47. The Morgan fingerprint density at radius 2 is 1.83 bits per heavy atom. The van der Waals surface area contributed by atoms with E-state index in [0.29, 0.717) is 0 Å². The SMILES string of the molecule is NC(=O)[C@H](Cc1c[nH]c2ccccc12)NC(=O)c1ccccc1F. The molecule has 0 saturated carbocycles. The van der Waals surface area contributed by atoms with Crippen LogP contribution in [0.25, 0.3) is 10.9 Å². The first kappa shape index (κ1) is 15.7. The van der Waals surface area contributed by atoms with Crippen LogP contribution >= 0.6 is 0 Å². The first-order chi connectivity index (χ1) is 11.6.